The first kappa shape index (κ1) is 18.7. The SMILES string of the molecule is CCN(CC)c1ccc(CNC(=O)NC(C)c2nncn2C)cc1F. The van der Waals surface area contributed by atoms with Gasteiger partial charge in [-0.1, -0.05) is 6.07 Å². The summed E-state index contributed by atoms with van der Waals surface area (Å²) in [7, 11) is 1.81. The van der Waals surface area contributed by atoms with E-state index in [9.17, 15) is 9.18 Å². The monoisotopic (exact) mass is 348 g/mol. The lowest BCUT2D eigenvalue weighted by Gasteiger charge is -2.22. The minimum Gasteiger partial charge on any atom is -0.370 e. The molecule has 25 heavy (non-hydrogen) atoms. The van der Waals surface area contributed by atoms with Crippen molar-refractivity contribution in [2.45, 2.75) is 33.4 Å². The van der Waals surface area contributed by atoms with E-state index in [-0.39, 0.29) is 24.4 Å². The van der Waals surface area contributed by atoms with Crippen molar-refractivity contribution in [1.29, 1.82) is 0 Å². The highest BCUT2D eigenvalue weighted by Crippen LogP contribution is 2.20. The van der Waals surface area contributed by atoms with Crippen LogP contribution in [0.15, 0.2) is 24.5 Å². The number of halogens is 1. The van der Waals surface area contributed by atoms with Crippen molar-refractivity contribution in [3.63, 3.8) is 0 Å². The van der Waals surface area contributed by atoms with Crippen LogP contribution in [0.25, 0.3) is 0 Å². The lowest BCUT2D eigenvalue weighted by molar-refractivity contribution is 0.237. The highest BCUT2D eigenvalue weighted by atomic mass is 19.1. The van der Waals surface area contributed by atoms with Crippen LogP contribution in [0.4, 0.5) is 14.9 Å². The molecule has 1 aromatic heterocycles. The Bertz CT molecular complexity index is 713. The van der Waals surface area contributed by atoms with Gasteiger partial charge in [-0.3, -0.25) is 0 Å². The van der Waals surface area contributed by atoms with Crippen LogP contribution in [-0.2, 0) is 13.6 Å². The zero-order chi connectivity index (χ0) is 18.4. The zero-order valence-corrected chi connectivity index (χ0v) is 15.1. The number of amides is 2. The smallest absolute Gasteiger partial charge is 0.315 e. The minimum atomic E-state index is -0.344. The summed E-state index contributed by atoms with van der Waals surface area (Å²) in [5, 5.41) is 13.3. The number of nitrogens with zero attached hydrogens (tertiary/aromatic N) is 4. The Labute approximate surface area is 147 Å². The number of aryl methyl sites for hydroxylation is 1. The number of hydrogen-bond acceptors (Lipinski definition) is 4. The van der Waals surface area contributed by atoms with Gasteiger partial charge < -0.3 is 20.1 Å². The molecule has 0 spiro atoms. The maximum atomic E-state index is 14.3. The van der Waals surface area contributed by atoms with Crippen LogP contribution in [0.3, 0.4) is 0 Å². The molecular weight excluding hydrogens is 323 g/mol. The number of nitrogens with one attached hydrogen (secondary N) is 2. The van der Waals surface area contributed by atoms with Crippen molar-refractivity contribution in [3.8, 4) is 0 Å². The predicted octanol–water partition coefficient (Wildman–Crippen LogP) is 2.36. The summed E-state index contributed by atoms with van der Waals surface area (Å²) in [6.07, 6.45) is 1.58. The number of carbonyl (C=O) groups is 1. The molecule has 1 atom stereocenters. The molecule has 2 aromatic rings. The Morgan fingerprint density at radius 3 is 2.64 bits per heavy atom. The van der Waals surface area contributed by atoms with Crippen LogP contribution in [0.5, 0.6) is 0 Å². The summed E-state index contributed by atoms with van der Waals surface area (Å²) in [5.74, 6) is 0.376. The third-order valence-electron chi connectivity index (χ3n) is 4.05. The van der Waals surface area contributed by atoms with Crippen LogP contribution in [-0.4, -0.2) is 33.9 Å². The van der Waals surface area contributed by atoms with Gasteiger partial charge in [-0.25, -0.2) is 9.18 Å². The molecule has 2 amide bonds. The Kier molecular flexibility index (Phi) is 6.32. The maximum Gasteiger partial charge on any atom is 0.315 e. The summed E-state index contributed by atoms with van der Waals surface area (Å²) in [6.45, 7) is 7.53. The minimum absolute atomic E-state index is 0.243. The van der Waals surface area contributed by atoms with Gasteiger partial charge in [-0.2, -0.15) is 0 Å². The molecule has 0 saturated carbocycles. The summed E-state index contributed by atoms with van der Waals surface area (Å²) < 4.78 is 16.0. The predicted molar refractivity (Wildman–Crippen MR) is 94.8 cm³/mol. The van der Waals surface area contributed by atoms with E-state index >= 15 is 0 Å². The summed E-state index contributed by atoms with van der Waals surface area (Å²) in [4.78, 5) is 14.0. The van der Waals surface area contributed by atoms with Crippen LogP contribution in [0, 0.1) is 5.82 Å². The van der Waals surface area contributed by atoms with Crippen LogP contribution in [0.2, 0.25) is 0 Å². The Morgan fingerprint density at radius 1 is 1.36 bits per heavy atom. The first-order valence-electron chi connectivity index (χ1n) is 8.37. The number of anilines is 1. The number of aromatic nitrogens is 3. The normalized spacial score (nSPS) is 11.9. The molecule has 0 saturated heterocycles. The lowest BCUT2D eigenvalue weighted by atomic mass is 10.2. The summed E-state index contributed by atoms with van der Waals surface area (Å²) >= 11 is 0. The average molecular weight is 348 g/mol. The molecule has 0 radical (unpaired) electrons. The van der Waals surface area contributed by atoms with Gasteiger partial charge in [0.15, 0.2) is 5.82 Å². The second-order valence-electron chi connectivity index (χ2n) is 5.81. The fraction of sp³-hybridized carbons (Fsp3) is 0.471. The first-order valence-corrected chi connectivity index (χ1v) is 8.37. The molecule has 136 valence electrons. The van der Waals surface area contributed by atoms with Gasteiger partial charge in [0.1, 0.15) is 12.1 Å². The summed E-state index contributed by atoms with van der Waals surface area (Å²) in [5.41, 5.74) is 1.28. The molecule has 2 N–H and O–H groups in total. The van der Waals surface area contributed by atoms with Gasteiger partial charge in [-0.05, 0) is 38.5 Å². The van der Waals surface area contributed by atoms with Crippen LogP contribution >= 0.6 is 0 Å². The molecule has 0 fully saturated rings. The second-order valence-corrected chi connectivity index (χ2v) is 5.81. The number of rotatable bonds is 7. The van der Waals surface area contributed by atoms with Crippen molar-refractivity contribution in [2.75, 3.05) is 18.0 Å². The van der Waals surface area contributed by atoms with E-state index in [0.717, 1.165) is 13.1 Å². The maximum absolute atomic E-state index is 14.3. The van der Waals surface area contributed by atoms with E-state index in [1.54, 1.807) is 17.0 Å². The van der Waals surface area contributed by atoms with Crippen molar-refractivity contribution < 1.29 is 9.18 Å². The third kappa shape index (κ3) is 4.68. The van der Waals surface area contributed by atoms with Gasteiger partial charge in [-0.15, -0.1) is 10.2 Å². The molecule has 8 heteroatoms. The van der Waals surface area contributed by atoms with Gasteiger partial charge in [0, 0.05) is 26.7 Å². The average Bonchev–Trinajstić information content (AvgIpc) is 3.02. The Hall–Kier alpha value is -2.64. The van der Waals surface area contributed by atoms with Crippen molar-refractivity contribution in [2.24, 2.45) is 7.05 Å². The molecule has 0 bridgehead atoms. The molecule has 0 aliphatic carbocycles. The molecular formula is C17H25FN6O. The number of urea groups is 1. The van der Waals surface area contributed by atoms with Crippen LogP contribution < -0.4 is 15.5 Å². The van der Waals surface area contributed by atoms with E-state index in [0.29, 0.717) is 17.1 Å². The van der Waals surface area contributed by atoms with E-state index in [1.807, 2.05) is 38.8 Å². The summed E-state index contributed by atoms with van der Waals surface area (Å²) in [6, 6.07) is 4.40. The molecule has 0 aliphatic rings. The topological polar surface area (TPSA) is 75.1 Å². The van der Waals surface area contributed by atoms with Gasteiger partial charge >= 0.3 is 6.03 Å². The Balaban J connectivity index is 1.91. The van der Waals surface area contributed by atoms with Gasteiger partial charge in [0.05, 0.1) is 11.7 Å². The standard InChI is InChI=1S/C17H25FN6O/c1-5-24(6-2)15-8-7-13(9-14(15)18)10-19-17(25)21-12(3)16-22-20-11-23(16)4/h7-9,11-12H,5-6,10H2,1-4H3,(H2,19,21,25). The highest BCUT2D eigenvalue weighted by Gasteiger charge is 2.14. The van der Waals surface area contributed by atoms with E-state index in [1.165, 1.54) is 6.07 Å². The largest absolute Gasteiger partial charge is 0.370 e. The van der Waals surface area contributed by atoms with E-state index in [2.05, 4.69) is 20.8 Å². The van der Waals surface area contributed by atoms with Gasteiger partial charge in [0.25, 0.3) is 0 Å². The number of hydrogen-bond donors (Lipinski definition) is 2. The van der Waals surface area contributed by atoms with E-state index < -0.39 is 0 Å². The van der Waals surface area contributed by atoms with Crippen molar-refractivity contribution >= 4 is 11.7 Å². The molecule has 0 aliphatic heterocycles. The fourth-order valence-electron chi connectivity index (χ4n) is 2.66. The lowest BCUT2D eigenvalue weighted by Crippen LogP contribution is -2.37. The second kappa shape index (κ2) is 8.46. The van der Waals surface area contributed by atoms with Gasteiger partial charge in [0.2, 0.25) is 0 Å². The molecule has 7 nitrogen and oxygen atoms in total. The molecule has 2 rings (SSSR count). The van der Waals surface area contributed by atoms with Crippen LogP contribution in [0.1, 0.15) is 38.2 Å². The van der Waals surface area contributed by atoms with Crippen molar-refractivity contribution in [3.05, 3.63) is 41.7 Å². The number of carbonyl (C=O) groups excluding carboxylic acids is 1. The number of benzene rings is 1. The zero-order valence-electron chi connectivity index (χ0n) is 15.1. The Morgan fingerprint density at radius 2 is 2.08 bits per heavy atom. The first-order chi connectivity index (χ1) is 12.0. The molecule has 1 unspecified atom stereocenters. The highest BCUT2D eigenvalue weighted by molar-refractivity contribution is 5.74. The molecule has 1 heterocycles. The quantitative estimate of drug-likeness (QED) is 0.805. The third-order valence-corrected chi connectivity index (χ3v) is 4.05. The molecule has 1 aromatic carbocycles. The van der Waals surface area contributed by atoms with E-state index in [4.69, 9.17) is 0 Å². The fourth-order valence-corrected chi connectivity index (χ4v) is 2.66. The van der Waals surface area contributed by atoms with Crippen molar-refractivity contribution in [1.82, 2.24) is 25.4 Å².